The first kappa shape index (κ1) is 10.0. The maximum absolute atomic E-state index is 5.03. The molecule has 0 atom stereocenters. The van der Waals surface area contributed by atoms with Crippen LogP contribution < -0.4 is 0 Å². The molecule has 1 nitrogen and oxygen atoms in total. The van der Waals surface area contributed by atoms with Gasteiger partial charge in [0.2, 0.25) is 0 Å². The highest BCUT2D eigenvalue weighted by molar-refractivity contribution is 5.18. The van der Waals surface area contributed by atoms with E-state index in [2.05, 4.69) is 13.8 Å². The molecule has 0 spiro atoms. The minimum Gasteiger partial charge on any atom is -0.497 e. The second-order valence-electron chi connectivity index (χ2n) is 2.50. The normalized spacial score (nSPS) is 11.8. The molecule has 0 aliphatic carbocycles. The lowest BCUT2D eigenvalue weighted by Gasteiger charge is -1.95. The van der Waals surface area contributed by atoms with Crippen molar-refractivity contribution in [1.29, 1.82) is 0 Å². The van der Waals surface area contributed by atoms with E-state index in [1.165, 1.54) is 5.57 Å². The molecule has 62 valence electrons. The average Bonchev–Trinajstić information content (AvgIpc) is 1.98. The Hall–Kier alpha value is -0.980. The van der Waals surface area contributed by atoms with Crippen molar-refractivity contribution >= 4 is 0 Å². The van der Waals surface area contributed by atoms with E-state index in [4.69, 9.17) is 4.74 Å². The predicted molar refractivity (Wildman–Crippen MR) is 49.3 cm³/mol. The van der Waals surface area contributed by atoms with Gasteiger partial charge in [0.1, 0.15) is 5.76 Å². The highest BCUT2D eigenvalue weighted by Crippen LogP contribution is 1.98. The standard InChI is InChI=1S/C10H16O/c1-5-10(11-4)8-6-7-9(2)3/h5-8H,1-4H3/b8-6-,10-5-. The first-order chi connectivity index (χ1) is 5.20. The number of hydrogen-bond acceptors (Lipinski definition) is 1. The molecule has 0 aromatic carbocycles. The molecule has 0 saturated carbocycles. The van der Waals surface area contributed by atoms with Crippen molar-refractivity contribution in [2.45, 2.75) is 20.8 Å². The van der Waals surface area contributed by atoms with Crippen molar-refractivity contribution in [2.75, 3.05) is 7.11 Å². The molecule has 0 fully saturated rings. The molecule has 11 heavy (non-hydrogen) atoms. The van der Waals surface area contributed by atoms with Crippen LogP contribution in [0.5, 0.6) is 0 Å². The molecule has 1 heteroatoms. The molecule has 0 amide bonds. The van der Waals surface area contributed by atoms with E-state index in [1.807, 2.05) is 31.2 Å². The average molecular weight is 152 g/mol. The van der Waals surface area contributed by atoms with Crippen molar-refractivity contribution in [3.05, 3.63) is 35.6 Å². The number of methoxy groups -OCH3 is 1. The summed E-state index contributed by atoms with van der Waals surface area (Å²) in [6.45, 7) is 6.07. The van der Waals surface area contributed by atoms with E-state index in [-0.39, 0.29) is 0 Å². The monoisotopic (exact) mass is 152 g/mol. The summed E-state index contributed by atoms with van der Waals surface area (Å²) >= 11 is 0. The maximum Gasteiger partial charge on any atom is 0.114 e. The SMILES string of the molecule is C/C=C(/C=C\C=C(C)C)OC. The van der Waals surface area contributed by atoms with Gasteiger partial charge in [-0.25, -0.2) is 0 Å². The molecule has 0 aliphatic heterocycles. The highest BCUT2D eigenvalue weighted by Gasteiger charge is 1.81. The van der Waals surface area contributed by atoms with Crippen molar-refractivity contribution < 1.29 is 4.74 Å². The van der Waals surface area contributed by atoms with Crippen LogP contribution in [0, 0.1) is 0 Å². The lowest BCUT2D eigenvalue weighted by molar-refractivity contribution is 0.306. The Kier molecular flexibility index (Phi) is 5.26. The van der Waals surface area contributed by atoms with Gasteiger partial charge in [0, 0.05) is 0 Å². The molecule has 0 bridgehead atoms. The number of rotatable bonds is 3. The Morgan fingerprint density at radius 2 is 1.91 bits per heavy atom. The fourth-order valence-electron chi connectivity index (χ4n) is 0.618. The smallest absolute Gasteiger partial charge is 0.114 e. The van der Waals surface area contributed by atoms with Gasteiger partial charge >= 0.3 is 0 Å². The first-order valence-corrected chi connectivity index (χ1v) is 3.72. The van der Waals surface area contributed by atoms with Gasteiger partial charge in [-0.2, -0.15) is 0 Å². The van der Waals surface area contributed by atoms with Gasteiger partial charge in [0.25, 0.3) is 0 Å². The van der Waals surface area contributed by atoms with Gasteiger partial charge in [0.05, 0.1) is 7.11 Å². The quantitative estimate of drug-likeness (QED) is 0.446. The van der Waals surface area contributed by atoms with Crippen molar-refractivity contribution in [3.63, 3.8) is 0 Å². The number of hydrogen-bond donors (Lipinski definition) is 0. The second kappa shape index (κ2) is 5.78. The van der Waals surface area contributed by atoms with Crippen molar-refractivity contribution in [1.82, 2.24) is 0 Å². The summed E-state index contributed by atoms with van der Waals surface area (Å²) < 4.78 is 5.03. The van der Waals surface area contributed by atoms with E-state index in [0.29, 0.717) is 0 Å². The predicted octanol–water partition coefficient (Wildman–Crippen LogP) is 3.06. The minimum atomic E-state index is 0.891. The zero-order valence-electron chi connectivity index (χ0n) is 7.72. The molecule has 0 aliphatic rings. The van der Waals surface area contributed by atoms with Crippen molar-refractivity contribution in [2.24, 2.45) is 0 Å². The van der Waals surface area contributed by atoms with Crippen LogP contribution in [0.15, 0.2) is 35.6 Å². The van der Waals surface area contributed by atoms with E-state index in [1.54, 1.807) is 7.11 Å². The van der Waals surface area contributed by atoms with Crippen LogP contribution in [-0.2, 0) is 4.74 Å². The van der Waals surface area contributed by atoms with Crippen LogP contribution >= 0.6 is 0 Å². The number of allylic oxidation sites excluding steroid dienone is 5. The largest absolute Gasteiger partial charge is 0.497 e. The topological polar surface area (TPSA) is 9.23 Å². The Morgan fingerprint density at radius 3 is 2.27 bits per heavy atom. The zero-order chi connectivity index (χ0) is 8.69. The molecule has 0 heterocycles. The zero-order valence-corrected chi connectivity index (χ0v) is 7.72. The van der Waals surface area contributed by atoms with E-state index in [9.17, 15) is 0 Å². The van der Waals surface area contributed by atoms with Crippen LogP contribution in [0.25, 0.3) is 0 Å². The fourth-order valence-corrected chi connectivity index (χ4v) is 0.618. The van der Waals surface area contributed by atoms with Crippen molar-refractivity contribution in [3.8, 4) is 0 Å². The van der Waals surface area contributed by atoms with Crippen LogP contribution in [0.2, 0.25) is 0 Å². The van der Waals surface area contributed by atoms with Gasteiger partial charge in [-0.1, -0.05) is 17.7 Å². The third-order valence-corrected chi connectivity index (χ3v) is 1.21. The second-order valence-corrected chi connectivity index (χ2v) is 2.50. The fraction of sp³-hybridized carbons (Fsp3) is 0.400. The summed E-state index contributed by atoms with van der Waals surface area (Å²) in [7, 11) is 1.67. The van der Waals surface area contributed by atoms with E-state index < -0.39 is 0 Å². The molecule has 0 N–H and O–H groups in total. The molecular weight excluding hydrogens is 136 g/mol. The molecule has 0 aromatic heterocycles. The minimum absolute atomic E-state index is 0.891. The maximum atomic E-state index is 5.03. The lowest BCUT2D eigenvalue weighted by Crippen LogP contribution is -1.78. The Labute approximate surface area is 69.1 Å². The van der Waals surface area contributed by atoms with Gasteiger partial charge in [-0.3, -0.25) is 0 Å². The Balaban J connectivity index is 4.02. The third kappa shape index (κ3) is 5.46. The van der Waals surface area contributed by atoms with Gasteiger partial charge in [0.15, 0.2) is 0 Å². The summed E-state index contributed by atoms with van der Waals surface area (Å²) in [6, 6.07) is 0. The summed E-state index contributed by atoms with van der Waals surface area (Å²) in [4.78, 5) is 0. The van der Waals surface area contributed by atoms with Crippen LogP contribution in [0.1, 0.15) is 20.8 Å². The molecule has 0 saturated heterocycles. The first-order valence-electron chi connectivity index (χ1n) is 3.72. The summed E-state index contributed by atoms with van der Waals surface area (Å²) in [6.07, 6.45) is 7.89. The Morgan fingerprint density at radius 1 is 1.27 bits per heavy atom. The summed E-state index contributed by atoms with van der Waals surface area (Å²) in [5.41, 5.74) is 1.29. The number of ether oxygens (including phenoxy) is 1. The molecular formula is C10H16O. The molecule has 0 aromatic rings. The highest BCUT2D eigenvalue weighted by atomic mass is 16.5. The van der Waals surface area contributed by atoms with E-state index >= 15 is 0 Å². The van der Waals surface area contributed by atoms with Crippen LogP contribution in [-0.4, -0.2) is 7.11 Å². The van der Waals surface area contributed by atoms with Gasteiger partial charge in [-0.15, -0.1) is 0 Å². The molecule has 0 rings (SSSR count). The Bertz CT molecular complexity index is 181. The molecule has 0 radical (unpaired) electrons. The summed E-state index contributed by atoms with van der Waals surface area (Å²) in [5.74, 6) is 0.891. The van der Waals surface area contributed by atoms with Crippen LogP contribution in [0.4, 0.5) is 0 Å². The van der Waals surface area contributed by atoms with Crippen LogP contribution in [0.3, 0.4) is 0 Å². The van der Waals surface area contributed by atoms with E-state index in [0.717, 1.165) is 5.76 Å². The lowest BCUT2D eigenvalue weighted by atomic mass is 10.3. The summed E-state index contributed by atoms with van der Waals surface area (Å²) in [5, 5.41) is 0. The van der Waals surface area contributed by atoms with Gasteiger partial charge < -0.3 is 4.74 Å². The molecule has 0 unspecified atom stereocenters. The third-order valence-electron chi connectivity index (χ3n) is 1.21. The van der Waals surface area contributed by atoms with Gasteiger partial charge in [-0.05, 0) is 32.9 Å².